The quantitative estimate of drug-likeness (QED) is 0.890. The molecule has 1 aromatic rings. The van der Waals surface area contributed by atoms with Crippen LogP contribution < -0.4 is 10.0 Å². The maximum absolute atomic E-state index is 12.4. The molecule has 0 aliphatic carbocycles. The second kappa shape index (κ2) is 7.09. The molecule has 2 N–H and O–H groups in total. The molecule has 1 saturated heterocycles. The summed E-state index contributed by atoms with van der Waals surface area (Å²) in [6.07, 6.45) is 1.83. The molecule has 7 heteroatoms. The van der Waals surface area contributed by atoms with Gasteiger partial charge < -0.3 is 5.32 Å². The molecule has 0 aromatic heterocycles. The summed E-state index contributed by atoms with van der Waals surface area (Å²) in [4.78, 5) is 0.262. The minimum absolute atomic E-state index is 0. The second-order valence-electron chi connectivity index (χ2n) is 4.98. The van der Waals surface area contributed by atoms with E-state index in [0.29, 0.717) is 10.6 Å². The summed E-state index contributed by atoms with van der Waals surface area (Å²) < 4.78 is 27.6. The van der Waals surface area contributed by atoms with Gasteiger partial charge in [0.15, 0.2) is 0 Å². The highest BCUT2D eigenvalue weighted by Crippen LogP contribution is 2.23. The summed E-state index contributed by atoms with van der Waals surface area (Å²) in [5.41, 5.74) is 0.591. The van der Waals surface area contributed by atoms with Crippen LogP contribution in [0.25, 0.3) is 0 Å². The van der Waals surface area contributed by atoms with Crippen LogP contribution in [-0.4, -0.2) is 27.0 Å². The molecule has 4 nitrogen and oxygen atoms in total. The maximum Gasteiger partial charge on any atom is 0.241 e. The minimum Gasteiger partial charge on any atom is -0.313 e. The van der Waals surface area contributed by atoms with Crippen molar-refractivity contribution in [3.05, 3.63) is 28.8 Å². The minimum atomic E-state index is -3.52. The monoisotopic (exact) mass is 338 g/mol. The van der Waals surface area contributed by atoms with Gasteiger partial charge in [-0.2, -0.15) is 0 Å². The highest BCUT2D eigenvalue weighted by Gasteiger charge is 2.27. The molecule has 1 aromatic carbocycles. The average Bonchev–Trinajstić information content (AvgIpc) is 2.35. The zero-order valence-corrected chi connectivity index (χ0v) is 13.9. The van der Waals surface area contributed by atoms with Gasteiger partial charge in [0.25, 0.3) is 0 Å². The van der Waals surface area contributed by atoms with E-state index in [1.165, 1.54) is 0 Å². The molecule has 20 heavy (non-hydrogen) atoms. The molecule has 114 valence electrons. The van der Waals surface area contributed by atoms with Gasteiger partial charge in [0.2, 0.25) is 10.0 Å². The zero-order chi connectivity index (χ0) is 14.0. The van der Waals surface area contributed by atoms with Crippen molar-refractivity contribution in [3.8, 4) is 0 Å². The van der Waals surface area contributed by atoms with E-state index in [0.717, 1.165) is 19.4 Å². The highest BCUT2D eigenvalue weighted by molar-refractivity contribution is 7.89. The lowest BCUT2D eigenvalue weighted by molar-refractivity contribution is 0.349. The lowest BCUT2D eigenvalue weighted by Crippen LogP contribution is -2.51. The summed E-state index contributed by atoms with van der Waals surface area (Å²) in [5, 5.41) is 3.75. The fourth-order valence-corrected chi connectivity index (χ4v) is 4.20. The predicted octanol–water partition coefficient (Wildman–Crippen LogP) is 2.49. The van der Waals surface area contributed by atoms with E-state index in [1.54, 1.807) is 25.1 Å². The fraction of sp³-hybridized carbons (Fsp3) is 0.538. The summed E-state index contributed by atoms with van der Waals surface area (Å²) in [6, 6.07) is 5.01. The molecule has 2 atom stereocenters. The molecule has 1 aliphatic heterocycles. The zero-order valence-electron chi connectivity index (χ0n) is 11.5. The number of hydrogen-bond acceptors (Lipinski definition) is 3. The number of piperidine rings is 1. The normalized spacial score (nSPS) is 23.1. The van der Waals surface area contributed by atoms with Gasteiger partial charge in [0.1, 0.15) is 0 Å². The molecule has 1 fully saturated rings. The number of nitrogens with one attached hydrogen (secondary N) is 2. The Kier molecular flexibility index (Phi) is 6.28. The smallest absolute Gasteiger partial charge is 0.241 e. The van der Waals surface area contributed by atoms with Gasteiger partial charge >= 0.3 is 0 Å². The summed E-state index contributed by atoms with van der Waals surface area (Å²) in [7, 11) is -3.52. The molecule has 2 rings (SSSR count). The number of sulfonamides is 1. The number of halogens is 2. The van der Waals surface area contributed by atoms with Crippen LogP contribution in [0, 0.1) is 6.92 Å². The Hall–Kier alpha value is -0.330. The van der Waals surface area contributed by atoms with E-state index >= 15 is 0 Å². The van der Waals surface area contributed by atoms with Gasteiger partial charge in [-0.15, -0.1) is 12.4 Å². The molecule has 0 radical (unpaired) electrons. The lowest BCUT2D eigenvalue weighted by atomic mass is 10.0. The maximum atomic E-state index is 12.4. The van der Waals surface area contributed by atoms with E-state index in [-0.39, 0.29) is 29.4 Å². The Bertz CT molecular complexity index is 563. The van der Waals surface area contributed by atoms with Crippen LogP contribution in [0.1, 0.15) is 25.3 Å². The van der Waals surface area contributed by atoms with Crippen molar-refractivity contribution in [2.45, 2.75) is 43.7 Å². The standard InChI is InChI=1S/C13H19ClN2O2S.ClH/c1-9-11(14)5-3-7-13(9)19(17,18)16-12-6-4-8-15-10(12)2;/h3,5,7,10,12,15-16H,4,6,8H2,1-2H3;1H. The van der Waals surface area contributed by atoms with Gasteiger partial charge in [-0.1, -0.05) is 17.7 Å². The third-order valence-corrected chi connectivity index (χ3v) is 5.62. The van der Waals surface area contributed by atoms with Crippen molar-refractivity contribution in [1.29, 1.82) is 0 Å². The van der Waals surface area contributed by atoms with E-state index in [9.17, 15) is 8.42 Å². The summed E-state index contributed by atoms with van der Waals surface area (Å²) in [5.74, 6) is 0. The van der Waals surface area contributed by atoms with Crippen LogP contribution in [0.5, 0.6) is 0 Å². The largest absolute Gasteiger partial charge is 0.313 e. The highest BCUT2D eigenvalue weighted by atomic mass is 35.5. The predicted molar refractivity (Wildman–Crippen MR) is 84.2 cm³/mol. The van der Waals surface area contributed by atoms with Crippen LogP contribution in [0.15, 0.2) is 23.1 Å². The average molecular weight is 339 g/mol. The topological polar surface area (TPSA) is 58.2 Å². The molecular formula is C13H20Cl2N2O2S. The molecular weight excluding hydrogens is 319 g/mol. The van der Waals surface area contributed by atoms with Crippen LogP contribution in [0.2, 0.25) is 5.02 Å². The van der Waals surface area contributed by atoms with Gasteiger partial charge in [-0.3, -0.25) is 0 Å². The third-order valence-electron chi connectivity index (χ3n) is 3.58. The molecule has 1 heterocycles. The molecule has 0 spiro atoms. The third kappa shape index (κ3) is 3.86. The van der Waals surface area contributed by atoms with E-state index in [4.69, 9.17) is 11.6 Å². The van der Waals surface area contributed by atoms with Crippen molar-refractivity contribution in [3.63, 3.8) is 0 Å². The number of benzene rings is 1. The van der Waals surface area contributed by atoms with Gasteiger partial charge in [-0.25, -0.2) is 13.1 Å². The first-order valence-electron chi connectivity index (χ1n) is 6.42. The molecule has 0 amide bonds. The van der Waals surface area contributed by atoms with E-state index in [2.05, 4.69) is 10.0 Å². The number of rotatable bonds is 3. The Morgan fingerprint density at radius 2 is 2.10 bits per heavy atom. The van der Waals surface area contributed by atoms with Crippen molar-refractivity contribution < 1.29 is 8.42 Å². The van der Waals surface area contributed by atoms with Gasteiger partial charge in [0, 0.05) is 17.1 Å². The van der Waals surface area contributed by atoms with Crippen LogP contribution >= 0.6 is 24.0 Å². The Balaban J connectivity index is 0.00000200. The Morgan fingerprint density at radius 3 is 2.75 bits per heavy atom. The fourth-order valence-electron chi connectivity index (χ4n) is 2.35. The first-order valence-corrected chi connectivity index (χ1v) is 8.29. The summed E-state index contributed by atoms with van der Waals surface area (Å²) in [6.45, 7) is 4.66. The molecule has 0 saturated carbocycles. The van der Waals surface area contributed by atoms with Crippen LogP contribution in [-0.2, 0) is 10.0 Å². The van der Waals surface area contributed by atoms with Crippen molar-refractivity contribution in [2.24, 2.45) is 0 Å². The van der Waals surface area contributed by atoms with E-state index < -0.39 is 10.0 Å². The SMILES string of the molecule is Cc1c(Cl)cccc1S(=O)(=O)NC1CCCNC1C.Cl. The first kappa shape index (κ1) is 17.7. The number of hydrogen-bond donors (Lipinski definition) is 2. The molecule has 1 aliphatic rings. The van der Waals surface area contributed by atoms with Crippen LogP contribution in [0.4, 0.5) is 0 Å². The molecule has 2 unspecified atom stereocenters. The lowest BCUT2D eigenvalue weighted by Gasteiger charge is -2.30. The van der Waals surface area contributed by atoms with Crippen molar-refractivity contribution >= 4 is 34.0 Å². The Labute approximate surface area is 131 Å². The summed E-state index contributed by atoms with van der Waals surface area (Å²) >= 11 is 5.99. The van der Waals surface area contributed by atoms with Crippen LogP contribution in [0.3, 0.4) is 0 Å². The second-order valence-corrected chi connectivity index (χ2v) is 7.07. The first-order chi connectivity index (χ1) is 8.92. The van der Waals surface area contributed by atoms with E-state index in [1.807, 2.05) is 6.92 Å². The Morgan fingerprint density at radius 1 is 1.40 bits per heavy atom. The van der Waals surface area contributed by atoms with Gasteiger partial charge in [0.05, 0.1) is 4.90 Å². The molecule has 0 bridgehead atoms. The van der Waals surface area contributed by atoms with Gasteiger partial charge in [-0.05, 0) is 50.9 Å². The van der Waals surface area contributed by atoms with Crippen molar-refractivity contribution in [2.75, 3.05) is 6.54 Å². The van der Waals surface area contributed by atoms with Crippen molar-refractivity contribution in [1.82, 2.24) is 10.0 Å².